The van der Waals surface area contributed by atoms with Gasteiger partial charge in [-0.15, -0.1) is 11.6 Å². The van der Waals surface area contributed by atoms with Crippen LogP contribution < -0.4 is 4.40 Å². The number of fused-ring (bicyclic) bond motifs is 3. The molecule has 0 saturated carbocycles. The zero-order valence-corrected chi connectivity index (χ0v) is 34.4. The summed E-state index contributed by atoms with van der Waals surface area (Å²) in [7, 11) is 0. The number of hydrogen-bond donors (Lipinski definition) is 0. The van der Waals surface area contributed by atoms with E-state index in [1.165, 1.54) is 11.1 Å². The molecule has 5 aromatic heterocycles. The smallest absolute Gasteiger partial charge is 0.218 e. The van der Waals surface area contributed by atoms with Crippen LogP contribution in [0, 0.1) is 24.1 Å². The molecule has 0 N–H and O–H groups in total. The molecule has 0 amide bonds. The van der Waals surface area contributed by atoms with E-state index in [9.17, 15) is 0 Å². The van der Waals surface area contributed by atoms with Crippen LogP contribution in [-0.2, 0) is 32.9 Å². The van der Waals surface area contributed by atoms with Crippen molar-refractivity contribution in [2.45, 2.75) is 57.8 Å². The van der Waals surface area contributed by atoms with Gasteiger partial charge in [0.15, 0.2) is 0 Å². The van der Waals surface area contributed by atoms with Gasteiger partial charge in [-0.3, -0.25) is 0 Å². The van der Waals surface area contributed by atoms with E-state index in [1.807, 2.05) is 72.9 Å². The molecule has 7 heteroatoms. The Labute approximate surface area is 312 Å². The zero-order chi connectivity index (χ0) is 34.5. The van der Waals surface area contributed by atoms with Crippen molar-refractivity contribution in [3.63, 3.8) is 0 Å². The van der Waals surface area contributed by atoms with Crippen molar-refractivity contribution in [3.05, 3.63) is 127 Å². The molecule has 0 saturated heterocycles. The topological polar surface area (TPSA) is 64.7 Å². The number of hydrogen-bond acceptors (Lipinski definition) is 5. The summed E-state index contributed by atoms with van der Waals surface area (Å²) in [6, 6.07) is 34.0. The van der Waals surface area contributed by atoms with Crippen molar-refractivity contribution in [1.82, 2.24) is 19.9 Å². The summed E-state index contributed by atoms with van der Waals surface area (Å²) >= 11 is -1.86. The molecule has 0 atom stereocenters. The molecule has 0 aliphatic carbocycles. The molecular formula is C43H44GeIrN4O-2. The largest absolute Gasteiger partial charge is 0.467 e. The van der Waals surface area contributed by atoms with Crippen LogP contribution in [0.4, 0.5) is 0 Å². The van der Waals surface area contributed by atoms with E-state index in [4.69, 9.17) is 14.4 Å². The maximum absolute atomic E-state index is 5.91. The number of furan rings is 1. The van der Waals surface area contributed by atoms with Crippen LogP contribution >= 0.6 is 0 Å². The van der Waals surface area contributed by atoms with Crippen LogP contribution in [0.1, 0.15) is 38.8 Å². The monoisotopic (exact) mass is 899 g/mol. The molecule has 0 unspecified atom stereocenters. The van der Waals surface area contributed by atoms with Crippen LogP contribution in [-0.4, -0.2) is 33.2 Å². The third-order valence-corrected chi connectivity index (χ3v) is 12.7. The number of benzene rings is 2. The maximum Gasteiger partial charge on any atom is 0.218 e. The summed E-state index contributed by atoms with van der Waals surface area (Å²) in [4.78, 5) is 18.3. The van der Waals surface area contributed by atoms with Crippen molar-refractivity contribution in [2.75, 3.05) is 0 Å². The Kier molecular flexibility index (Phi) is 12.2. The van der Waals surface area contributed by atoms with Crippen molar-refractivity contribution in [3.8, 4) is 33.8 Å². The summed E-state index contributed by atoms with van der Waals surface area (Å²) in [6.07, 6.45) is 9.23. The minimum atomic E-state index is -1.86. The Morgan fingerprint density at radius 1 is 0.700 bits per heavy atom. The second-order valence-electron chi connectivity index (χ2n) is 14.5. The fourth-order valence-corrected chi connectivity index (χ4v) is 9.43. The number of rotatable bonds is 8. The average molecular weight is 898 g/mol. The Morgan fingerprint density at radius 3 is 2.14 bits per heavy atom. The van der Waals surface area contributed by atoms with Gasteiger partial charge in [-0.2, -0.15) is 0 Å². The van der Waals surface area contributed by atoms with Gasteiger partial charge in [-0.1, -0.05) is 55.8 Å². The maximum atomic E-state index is 5.91. The summed E-state index contributed by atoms with van der Waals surface area (Å²) < 4.78 is 7.45. The SMILES string of the molecule is CC(C)Cc1cc(-c2[c-]cccc2)nc[c]1[Ge]([CH3])([CH3])[CH3].CC(C)Cc1ccnc(-c2[c-]nc3oc4nc(-c5ccccc5)ccc4c3c2)c1.[Ir]. The van der Waals surface area contributed by atoms with Crippen molar-refractivity contribution < 1.29 is 24.5 Å². The van der Waals surface area contributed by atoms with Gasteiger partial charge < -0.3 is 14.4 Å². The van der Waals surface area contributed by atoms with E-state index < -0.39 is 13.3 Å². The van der Waals surface area contributed by atoms with Gasteiger partial charge in [0, 0.05) is 37.3 Å². The van der Waals surface area contributed by atoms with Gasteiger partial charge in [-0.25, -0.2) is 4.98 Å². The van der Waals surface area contributed by atoms with Crippen LogP contribution in [0.25, 0.3) is 56.0 Å². The van der Waals surface area contributed by atoms with E-state index in [2.05, 4.69) is 97.7 Å². The van der Waals surface area contributed by atoms with Crippen molar-refractivity contribution >= 4 is 39.9 Å². The third kappa shape index (κ3) is 9.03. The molecule has 1 radical (unpaired) electrons. The first-order valence-corrected chi connectivity index (χ1v) is 24.5. The summed E-state index contributed by atoms with van der Waals surface area (Å²) in [5.41, 5.74) is 9.70. The summed E-state index contributed by atoms with van der Waals surface area (Å²) in [5.74, 6) is 8.59. The minimum Gasteiger partial charge on any atom is -0.467 e. The molecule has 0 spiro atoms. The number of nitrogens with zero attached hydrogens (tertiary/aromatic N) is 4. The molecule has 5 nitrogen and oxygen atoms in total. The Hall–Kier alpha value is -3.97. The summed E-state index contributed by atoms with van der Waals surface area (Å²) in [6.45, 7) is 9.00. The average Bonchev–Trinajstić information content (AvgIpc) is 3.46. The van der Waals surface area contributed by atoms with Gasteiger partial charge in [0.05, 0.1) is 5.69 Å². The van der Waals surface area contributed by atoms with Crippen LogP contribution in [0.5, 0.6) is 0 Å². The molecule has 2 aromatic carbocycles. The first-order valence-electron chi connectivity index (χ1n) is 17.1. The molecule has 50 heavy (non-hydrogen) atoms. The summed E-state index contributed by atoms with van der Waals surface area (Å²) in [5, 5.41) is 1.87. The minimum absolute atomic E-state index is 0. The second kappa shape index (κ2) is 16.4. The van der Waals surface area contributed by atoms with Crippen LogP contribution in [0.15, 0.2) is 108 Å². The Bertz CT molecular complexity index is 2170. The predicted octanol–water partition coefficient (Wildman–Crippen LogP) is 10.4. The van der Waals surface area contributed by atoms with E-state index in [0.717, 1.165) is 57.4 Å². The molecule has 0 bridgehead atoms. The van der Waals surface area contributed by atoms with Crippen LogP contribution in [0.3, 0.4) is 0 Å². The van der Waals surface area contributed by atoms with E-state index in [1.54, 1.807) is 4.40 Å². The van der Waals surface area contributed by atoms with Gasteiger partial charge >= 0.3 is 126 Å². The van der Waals surface area contributed by atoms with Gasteiger partial charge in [-0.05, 0) is 47.8 Å². The standard InChI is InChI=1S/C25H20N3O.C18H24GeN.Ir/c1-16(2)12-17-10-11-26-23(13-17)19-14-21-20-8-9-22(18-6-4-3-5-7-18)28-25(20)29-24(21)27-15-19;1-14(2)11-16-12-18(15-9-7-6-8-10-15)20-13-17(16)19(3,4)5;/h3-11,13-14,16H,12H2,1-2H3;6-9,12-14H,11H2,1-5H3;/q2*-1;. The fourth-order valence-electron chi connectivity index (χ4n) is 6.10. The normalized spacial score (nSPS) is 11.5. The van der Waals surface area contributed by atoms with E-state index >= 15 is 0 Å². The molecule has 7 aromatic rings. The third-order valence-electron chi connectivity index (χ3n) is 8.37. The molecule has 0 aliphatic rings. The van der Waals surface area contributed by atoms with Crippen molar-refractivity contribution in [2.24, 2.45) is 11.8 Å². The van der Waals surface area contributed by atoms with Gasteiger partial charge in [0.1, 0.15) is 5.71 Å². The predicted molar refractivity (Wildman–Crippen MR) is 205 cm³/mol. The fraction of sp³-hybridized carbons (Fsp3) is 0.256. The molecular weight excluding hydrogens is 853 g/mol. The Morgan fingerprint density at radius 2 is 1.44 bits per heavy atom. The van der Waals surface area contributed by atoms with Gasteiger partial charge in [0.25, 0.3) is 0 Å². The van der Waals surface area contributed by atoms with E-state index in [-0.39, 0.29) is 20.1 Å². The quantitative estimate of drug-likeness (QED) is 0.112. The van der Waals surface area contributed by atoms with Gasteiger partial charge in [0.2, 0.25) is 5.71 Å². The first kappa shape index (κ1) is 37.3. The molecule has 7 rings (SSSR count). The number of aromatic nitrogens is 4. The molecule has 5 heterocycles. The Balaban J connectivity index is 0.000000204. The number of pyridine rings is 4. The van der Waals surface area contributed by atoms with Crippen molar-refractivity contribution in [1.29, 1.82) is 0 Å². The van der Waals surface area contributed by atoms with Crippen LogP contribution in [0.2, 0.25) is 17.3 Å². The first-order chi connectivity index (χ1) is 23.5. The zero-order valence-electron chi connectivity index (χ0n) is 29.9. The molecule has 0 aliphatic heterocycles. The molecule has 257 valence electrons. The molecule has 0 fully saturated rings. The van der Waals surface area contributed by atoms with E-state index in [0.29, 0.717) is 23.3 Å². The second-order valence-corrected chi connectivity index (χ2v) is 25.1.